The van der Waals surface area contributed by atoms with Crippen LogP contribution in [-0.4, -0.2) is 33.2 Å². The van der Waals surface area contributed by atoms with Crippen molar-refractivity contribution in [1.29, 1.82) is 0 Å². The van der Waals surface area contributed by atoms with Crippen molar-refractivity contribution in [2.75, 3.05) is 11.9 Å². The first kappa shape index (κ1) is 14.3. The topological polar surface area (TPSA) is 85.9 Å². The van der Waals surface area contributed by atoms with Crippen LogP contribution in [0.1, 0.15) is 50.6 Å². The van der Waals surface area contributed by atoms with Gasteiger partial charge in [-0.2, -0.15) is 5.10 Å². The molecule has 1 aliphatic rings. The van der Waals surface area contributed by atoms with Gasteiger partial charge >= 0.3 is 0 Å². The fourth-order valence-corrected chi connectivity index (χ4v) is 2.62. The van der Waals surface area contributed by atoms with Gasteiger partial charge in [-0.15, -0.1) is 0 Å². The van der Waals surface area contributed by atoms with E-state index in [0.29, 0.717) is 11.7 Å². The van der Waals surface area contributed by atoms with Crippen molar-refractivity contribution in [3.8, 4) is 0 Å². The number of aromatic nitrogens is 3. The summed E-state index contributed by atoms with van der Waals surface area (Å²) in [7, 11) is 0. The number of aliphatic hydroxyl groups is 1. The van der Waals surface area contributed by atoms with Crippen LogP contribution in [0.4, 0.5) is 5.82 Å². The molecule has 0 bridgehead atoms. The lowest BCUT2D eigenvalue weighted by molar-refractivity contribution is 0.164. The number of nitrogens with zero attached hydrogens (tertiary/aromatic N) is 2. The molecular formula is C15H23N5O. The third-order valence-corrected chi connectivity index (χ3v) is 4.14. The molecule has 21 heavy (non-hydrogen) atoms. The molecule has 2 aromatic rings. The number of anilines is 1. The largest absolute Gasteiger partial charge is 0.361 e. The third-order valence-electron chi connectivity index (χ3n) is 4.14. The Morgan fingerprint density at radius 2 is 2.33 bits per heavy atom. The Labute approximate surface area is 124 Å². The highest BCUT2D eigenvalue weighted by atomic mass is 16.3. The maximum absolute atomic E-state index is 9.85. The van der Waals surface area contributed by atoms with Crippen LogP contribution in [0.25, 0.3) is 10.9 Å². The van der Waals surface area contributed by atoms with E-state index in [1.807, 2.05) is 12.3 Å². The molecule has 0 radical (unpaired) electrons. The Bertz CT molecular complexity index is 593. The standard InChI is InChI=1S/C15H23N5O/c1-2-3-7-16-15(21)18-13-8-12-11(9-17-13)14(20-19-12)10-5-4-6-10/h8-10,15-16,21H,2-7H2,1H3,(H,17,18)(H,19,20). The summed E-state index contributed by atoms with van der Waals surface area (Å²) in [6.45, 7) is 2.90. The van der Waals surface area contributed by atoms with Crippen LogP contribution in [0.15, 0.2) is 12.3 Å². The molecule has 1 aliphatic carbocycles. The Balaban J connectivity index is 1.67. The SMILES string of the molecule is CCCCNC(O)Nc1cc2n[nH]c(C3CCC3)c2cn1. The van der Waals surface area contributed by atoms with Crippen molar-refractivity contribution in [3.05, 3.63) is 18.0 Å². The Morgan fingerprint density at radius 1 is 1.48 bits per heavy atom. The number of nitrogens with one attached hydrogen (secondary N) is 3. The summed E-state index contributed by atoms with van der Waals surface area (Å²) < 4.78 is 0. The third kappa shape index (κ3) is 3.16. The number of rotatable bonds is 7. The van der Waals surface area contributed by atoms with Gasteiger partial charge in [0.15, 0.2) is 6.35 Å². The average Bonchev–Trinajstić information content (AvgIpc) is 2.80. The summed E-state index contributed by atoms with van der Waals surface area (Å²) in [5, 5.41) is 24.4. The molecule has 2 aromatic heterocycles. The second kappa shape index (κ2) is 6.41. The van der Waals surface area contributed by atoms with Crippen molar-refractivity contribution < 1.29 is 5.11 Å². The molecule has 1 unspecified atom stereocenters. The molecule has 6 heteroatoms. The van der Waals surface area contributed by atoms with E-state index in [9.17, 15) is 5.11 Å². The van der Waals surface area contributed by atoms with Crippen molar-refractivity contribution in [2.45, 2.75) is 51.3 Å². The minimum atomic E-state index is -0.786. The molecule has 0 amide bonds. The van der Waals surface area contributed by atoms with Crippen LogP contribution in [-0.2, 0) is 0 Å². The van der Waals surface area contributed by atoms with Crippen LogP contribution in [0.2, 0.25) is 0 Å². The molecule has 0 spiro atoms. The fraction of sp³-hybridized carbons (Fsp3) is 0.600. The molecule has 0 aliphatic heterocycles. The van der Waals surface area contributed by atoms with Gasteiger partial charge in [0.05, 0.1) is 5.52 Å². The summed E-state index contributed by atoms with van der Waals surface area (Å²) >= 11 is 0. The van der Waals surface area contributed by atoms with Gasteiger partial charge in [0.2, 0.25) is 0 Å². The van der Waals surface area contributed by atoms with E-state index >= 15 is 0 Å². The first-order valence-electron chi connectivity index (χ1n) is 7.80. The second-order valence-corrected chi connectivity index (χ2v) is 5.71. The number of aromatic amines is 1. The monoisotopic (exact) mass is 289 g/mol. The maximum atomic E-state index is 9.85. The minimum absolute atomic E-state index is 0.608. The first-order chi connectivity index (χ1) is 10.3. The zero-order valence-electron chi connectivity index (χ0n) is 12.4. The number of H-pyrrole nitrogens is 1. The van der Waals surface area contributed by atoms with Crippen LogP contribution in [0, 0.1) is 0 Å². The molecule has 6 nitrogen and oxygen atoms in total. The lowest BCUT2D eigenvalue weighted by Gasteiger charge is -2.24. The molecule has 1 atom stereocenters. The van der Waals surface area contributed by atoms with Gasteiger partial charge in [-0.25, -0.2) is 4.98 Å². The number of hydrogen-bond donors (Lipinski definition) is 4. The number of aliphatic hydroxyl groups excluding tert-OH is 1. The van der Waals surface area contributed by atoms with E-state index < -0.39 is 6.35 Å². The highest BCUT2D eigenvalue weighted by Crippen LogP contribution is 2.38. The summed E-state index contributed by atoms with van der Waals surface area (Å²) in [6.07, 6.45) is 6.96. The number of fused-ring (bicyclic) bond motifs is 1. The highest BCUT2D eigenvalue weighted by molar-refractivity contribution is 5.83. The summed E-state index contributed by atoms with van der Waals surface area (Å²) in [6, 6.07) is 1.87. The predicted molar refractivity (Wildman–Crippen MR) is 83.0 cm³/mol. The normalized spacial score (nSPS) is 16.9. The van der Waals surface area contributed by atoms with Crippen LogP contribution in [0.3, 0.4) is 0 Å². The van der Waals surface area contributed by atoms with E-state index in [1.54, 1.807) is 0 Å². The average molecular weight is 289 g/mol. The lowest BCUT2D eigenvalue weighted by Crippen LogP contribution is -2.36. The summed E-state index contributed by atoms with van der Waals surface area (Å²) in [4.78, 5) is 4.38. The van der Waals surface area contributed by atoms with Crippen molar-refractivity contribution in [1.82, 2.24) is 20.5 Å². The highest BCUT2D eigenvalue weighted by Gasteiger charge is 2.23. The van der Waals surface area contributed by atoms with E-state index in [1.165, 1.54) is 25.0 Å². The van der Waals surface area contributed by atoms with Crippen molar-refractivity contribution in [2.24, 2.45) is 0 Å². The quantitative estimate of drug-likeness (QED) is 0.464. The zero-order valence-corrected chi connectivity index (χ0v) is 12.4. The molecule has 114 valence electrons. The molecule has 1 saturated carbocycles. The first-order valence-corrected chi connectivity index (χ1v) is 7.80. The number of hydrogen-bond acceptors (Lipinski definition) is 5. The van der Waals surface area contributed by atoms with Crippen molar-refractivity contribution >= 4 is 16.7 Å². The molecular weight excluding hydrogens is 266 g/mol. The Morgan fingerprint density at radius 3 is 3.05 bits per heavy atom. The minimum Gasteiger partial charge on any atom is -0.361 e. The number of unbranched alkanes of at least 4 members (excludes halogenated alkanes) is 1. The number of pyridine rings is 1. The zero-order chi connectivity index (χ0) is 14.7. The molecule has 1 fully saturated rings. The van der Waals surface area contributed by atoms with Crippen LogP contribution >= 0.6 is 0 Å². The van der Waals surface area contributed by atoms with E-state index in [4.69, 9.17) is 0 Å². The maximum Gasteiger partial charge on any atom is 0.182 e. The Kier molecular flexibility index (Phi) is 4.36. The molecule has 3 rings (SSSR count). The van der Waals surface area contributed by atoms with Gasteiger partial charge in [0.1, 0.15) is 5.82 Å². The fourth-order valence-electron chi connectivity index (χ4n) is 2.62. The van der Waals surface area contributed by atoms with Crippen LogP contribution < -0.4 is 10.6 Å². The molecule has 4 N–H and O–H groups in total. The molecule has 0 aromatic carbocycles. The summed E-state index contributed by atoms with van der Waals surface area (Å²) in [5.41, 5.74) is 2.10. The van der Waals surface area contributed by atoms with Gasteiger partial charge in [-0.1, -0.05) is 19.8 Å². The van der Waals surface area contributed by atoms with Crippen LogP contribution in [0.5, 0.6) is 0 Å². The van der Waals surface area contributed by atoms with Gasteiger partial charge < -0.3 is 10.4 Å². The molecule has 0 saturated heterocycles. The van der Waals surface area contributed by atoms with Gasteiger partial charge in [0, 0.05) is 29.3 Å². The summed E-state index contributed by atoms with van der Waals surface area (Å²) in [5.74, 6) is 1.24. The van der Waals surface area contributed by atoms with E-state index in [-0.39, 0.29) is 0 Å². The predicted octanol–water partition coefficient (Wildman–Crippen LogP) is 2.30. The Hall–Kier alpha value is -1.66. The van der Waals surface area contributed by atoms with Gasteiger partial charge in [0.25, 0.3) is 0 Å². The smallest absolute Gasteiger partial charge is 0.182 e. The van der Waals surface area contributed by atoms with Crippen molar-refractivity contribution in [3.63, 3.8) is 0 Å². The van der Waals surface area contributed by atoms with E-state index in [0.717, 1.165) is 30.3 Å². The van der Waals surface area contributed by atoms with Gasteiger partial charge in [-0.05, 0) is 25.8 Å². The lowest BCUT2D eigenvalue weighted by atomic mass is 9.82. The second-order valence-electron chi connectivity index (χ2n) is 5.71. The molecule has 2 heterocycles. The van der Waals surface area contributed by atoms with E-state index in [2.05, 4.69) is 32.7 Å². The van der Waals surface area contributed by atoms with Gasteiger partial charge in [-0.3, -0.25) is 10.4 Å².